The van der Waals surface area contributed by atoms with Crippen molar-refractivity contribution in [3.63, 3.8) is 0 Å². The van der Waals surface area contributed by atoms with Gasteiger partial charge in [-0.05, 0) is 104 Å². The van der Waals surface area contributed by atoms with Crippen molar-refractivity contribution in [3.8, 4) is 34.5 Å². The number of carbonyl (C=O) groups is 4. The molecule has 0 aliphatic carbocycles. The molecule has 442 valence electrons. The number of benzene rings is 5. The van der Waals surface area contributed by atoms with Crippen LogP contribution in [0.3, 0.4) is 0 Å². The van der Waals surface area contributed by atoms with E-state index >= 15 is 0 Å². The van der Waals surface area contributed by atoms with Crippen LogP contribution in [0.4, 0.5) is 4.39 Å². The van der Waals surface area contributed by atoms with Crippen molar-refractivity contribution in [3.05, 3.63) is 136 Å². The van der Waals surface area contributed by atoms with Gasteiger partial charge in [0, 0.05) is 44.4 Å². The number of ether oxygens (including phenoxy) is 6. The van der Waals surface area contributed by atoms with Crippen LogP contribution >= 0.6 is 0 Å². The van der Waals surface area contributed by atoms with Gasteiger partial charge in [-0.1, -0.05) is 135 Å². The number of aryl methyl sites for hydroxylation is 1. The predicted octanol–water partition coefficient (Wildman–Crippen LogP) is 15.9. The van der Waals surface area contributed by atoms with E-state index < -0.39 is 26.5 Å². The average molecular weight is 1130 g/mol. The fourth-order valence-electron chi connectivity index (χ4n) is 7.38. The standard InChI is InChI=1S/C15H22O3.C14H21FO2S.C13H18O3.2C12H16O2/c1-7-11-12(17-5)8-10(9-13(11)18-6)14(16)15(2,3)4;1-10-8-12(15)9-13(11(10)2)18(16,17)7-6-14(3,4)5;1-13(2,3)12(14)10-7-6-9(15-4)8-11(10)16-5;1-12(2,3)11(13)9-6-5-7-10(8-9)14-4;1-12(2,3)11(13)9-7-5-6-8-10(9)14-4/h8-9H,7H2,1-6H3;8-9H,6-7H2,1-5H3;6-8H,1-5H3;2*5-8H,1-4H3. The van der Waals surface area contributed by atoms with Gasteiger partial charge in [-0.25, -0.2) is 12.8 Å². The van der Waals surface area contributed by atoms with Gasteiger partial charge in [0.15, 0.2) is 33.0 Å². The molecule has 0 bridgehead atoms. The van der Waals surface area contributed by atoms with Gasteiger partial charge in [0.25, 0.3) is 0 Å². The van der Waals surface area contributed by atoms with Crippen LogP contribution < -0.4 is 28.4 Å². The molecule has 14 heteroatoms. The molecule has 0 atom stereocenters. The molecule has 0 heterocycles. The van der Waals surface area contributed by atoms with E-state index in [1.807, 2.05) is 141 Å². The second-order valence-electron chi connectivity index (χ2n) is 24.5. The number of sulfone groups is 1. The predicted molar refractivity (Wildman–Crippen MR) is 322 cm³/mol. The lowest BCUT2D eigenvalue weighted by Gasteiger charge is -2.19. The number of halogens is 1. The molecule has 0 N–H and O–H groups in total. The van der Waals surface area contributed by atoms with Crippen molar-refractivity contribution in [1.29, 1.82) is 0 Å². The summed E-state index contributed by atoms with van der Waals surface area (Å²) in [5, 5.41) is 0. The lowest BCUT2D eigenvalue weighted by Crippen LogP contribution is -2.20. The Kier molecular flexibility index (Phi) is 27.1. The number of para-hydroxylation sites is 1. The van der Waals surface area contributed by atoms with E-state index in [0.717, 1.165) is 23.8 Å². The third-order valence-corrected chi connectivity index (χ3v) is 14.2. The molecule has 0 aliphatic rings. The second kappa shape index (κ2) is 30.3. The largest absolute Gasteiger partial charge is 0.497 e. The van der Waals surface area contributed by atoms with Crippen molar-refractivity contribution in [2.45, 2.75) is 142 Å². The molecule has 5 aromatic carbocycles. The quantitative estimate of drug-likeness (QED) is 0.0971. The summed E-state index contributed by atoms with van der Waals surface area (Å²) in [4.78, 5) is 48.4. The van der Waals surface area contributed by atoms with Crippen LogP contribution in [0.2, 0.25) is 0 Å². The molecule has 0 radical (unpaired) electrons. The summed E-state index contributed by atoms with van der Waals surface area (Å²) in [5.74, 6) is 3.98. The Bertz CT molecular complexity index is 2950. The van der Waals surface area contributed by atoms with E-state index in [-0.39, 0.29) is 50.0 Å². The monoisotopic (exact) mass is 1130 g/mol. The van der Waals surface area contributed by atoms with Gasteiger partial charge in [0.05, 0.1) is 64.4 Å². The molecule has 0 spiro atoms. The summed E-state index contributed by atoms with van der Waals surface area (Å²) in [7, 11) is 6.12. The van der Waals surface area contributed by atoms with Gasteiger partial charge >= 0.3 is 0 Å². The lowest BCUT2D eigenvalue weighted by atomic mass is 9.86. The highest BCUT2D eigenvalue weighted by molar-refractivity contribution is 7.91. The van der Waals surface area contributed by atoms with E-state index in [2.05, 4.69) is 0 Å². The van der Waals surface area contributed by atoms with Gasteiger partial charge < -0.3 is 28.4 Å². The van der Waals surface area contributed by atoms with Crippen LogP contribution in [-0.4, -0.2) is 80.0 Å². The number of methoxy groups -OCH3 is 6. The first-order valence-corrected chi connectivity index (χ1v) is 28.3. The summed E-state index contributed by atoms with van der Waals surface area (Å²) in [6.07, 6.45) is 1.36. The molecular formula is C66H93FO12S. The molecule has 0 saturated carbocycles. The number of rotatable bonds is 14. The Morgan fingerprint density at radius 2 is 0.900 bits per heavy atom. The zero-order valence-electron chi connectivity index (χ0n) is 52.5. The van der Waals surface area contributed by atoms with E-state index in [0.29, 0.717) is 68.5 Å². The first-order chi connectivity index (χ1) is 36.7. The zero-order chi connectivity index (χ0) is 61.9. The summed E-state index contributed by atoms with van der Waals surface area (Å²) < 4.78 is 69.0. The van der Waals surface area contributed by atoms with Crippen molar-refractivity contribution in [2.75, 3.05) is 48.4 Å². The van der Waals surface area contributed by atoms with E-state index in [9.17, 15) is 32.0 Å². The van der Waals surface area contributed by atoms with Crippen LogP contribution in [0, 0.1) is 46.7 Å². The molecule has 12 nitrogen and oxygen atoms in total. The van der Waals surface area contributed by atoms with Gasteiger partial charge in [-0.15, -0.1) is 0 Å². The van der Waals surface area contributed by atoms with Gasteiger partial charge in [-0.2, -0.15) is 0 Å². The minimum Gasteiger partial charge on any atom is -0.497 e. The molecule has 5 aromatic rings. The third kappa shape index (κ3) is 22.2. The summed E-state index contributed by atoms with van der Waals surface area (Å²) >= 11 is 0. The molecule has 5 rings (SSSR count). The van der Waals surface area contributed by atoms with Crippen LogP contribution in [0.25, 0.3) is 0 Å². The highest BCUT2D eigenvalue weighted by Crippen LogP contribution is 2.35. The Labute approximate surface area is 479 Å². The van der Waals surface area contributed by atoms with Crippen molar-refractivity contribution >= 4 is 33.0 Å². The van der Waals surface area contributed by atoms with Crippen molar-refractivity contribution in [2.24, 2.45) is 27.1 Å². The maximum atomic E-state index is 13.3. The van der Waals surface area contributed by atoms with E-state index in [1.54, 1.807) is 105 Å². The zero-order valence-corrected chi connectivity index (χ0v) is 53.3. The minimum atomic E-state index is -3.41. The van der Waals surface area contributed by atoms with Crippen LogP contribution in [0.5, 0.6) is 34.5 Å². The van der Waals surface area contributed by atoms with E-state index in [4.69, 9.17) is 28.4 Å². The number of hydrogen-bond acceptors (Lipinski definition) is 12. The molecule has 80 heavy (non-hydrogen) atoms. The Balaban J connectivity index is 0.000000502. The second-order valence-corrected chi connectivity index (χ2v) is 26.6. The number of carbonyl (C=O) groups excluding carboxylic acids is 4. The Morgan fingerprint density at radius 1 is 0.463 bits per heavy atom. The number of hydrogen-bond donors (Lipinski definition) is 0. The average Bonchev–Trinajstić information content (AvgIpc) is 3.39. The molecule has 0 amide bonds. The van der Waals surface area contributed by atoms with Crippen LogP contribution in [0.15, 0.2) is 95.9 Å². The maximum Gasteiger partial charge on any atom is 0.178 e. The first-order valence-electron chi connectivity index (χ1n) is 26.6. The summed E-state index contributed by atoms with van der Waals surface area (Å²) in [6.45, 7) is 34.3. The number of Topliss-reactive ketones (excluding diaryl/α,β-unsaturated/α-hetero) is 4. The van der Waals surface area contributed by atoms with Crippen molar-refractivity contribution < 1.29 is 60.4 Å². The molecule has 0 aromatic heterocycles. The number of ketones is 4. The summed E-state index contributed by atoms with van der Waals surface area (Å²) in [5.41, 5.74) is 3.30. The highest BCUT2D eigenvalue weighted by Gasteiger charge is 2.29. The third-order valence-electron chi connectivity index (χ3n) is 12.3. The van der Waals surface area contributed by atoms with Gasteiger partial charge in [0.1, 0.15) is 40.3 Å². The molecule has 0 unspecified atom stereocenters. The molecular weight excluding hydrogens is 1040 g/mol. The van der Waals surface area contributed by atoms with Crippen LogP contribution in [0.1, 0.15) is 175 Å². The molecule has 0 fully saturated rings. The molecule has 0 aliphatic heterocycles. The normalized spacial score (nSPS) is 11.5. The van der Waals surface area contributed by atoms with Crippen molar-refractivity contribution in [1.82, 2.24) is 0 Å². The van der Waals surface area contributed by atoms with Gasteiger partial charge in [0.2, 0.25) is 0 Å². The fraction of sp³-hybridized carbons (Fsp3) is 0.485. The smallest absolute Gasteiger partial charge is 0.178 e. The Hall–Kier alpha value is -6.54. The maximum absolute atomic E-state index is 13.3. The SMILES string of the molecule is CCc1c(OC)cc(C(=O)C(C)(C)C)cc1OC.COc1ccc(C(=O)C(C)(C)C)c(OC)c1.COc1cccc(C(=O)C(C)(C)C)c1.COc1ccccc1C(=O)C(C)(C)C.Cc1cc(F)cc(S(=O)(=O)CCC(C)(C)C)c1C. The minimum absolute atomic E-state index is 0.0522. The highest BCUT2D eigenvalue weighted by atomic mass is 32.2. The molecule has 0 saturated heterocycles. The van der Waals surface area contributed by atoms with Crippen LogP contribution in [-0.2, 0) is 16.3 Å². The topological polar surface area (TPSA) is 158 Å². The summed E-state index contributed by atoms with van der Waals surface area (Å²) in [6, 6.07) is 25.9. The lowest BCUT2D eigenvalue weighted by molar-refractivity contribution is 0.0849. The van der Waals surface area contributed by atoms with E-state index in [1.165, 1.54) is 6.07 Å². The van der Waals surface area contributed by atoms with Gasteiger partial charge in [-0.3, -0.25) is 19.2 Å². The fourth-order valence-corrected chi connectivity index (χ4v) is 9.40. The Morgan fingerprint density at radius 3 is 1.32 bits per heavy atom. The first kappa shape index (κ1) is 71.5.